The minimum absolute atomic E-state index is 0. The van der Waals surface area contributed by atoms with Crippen LogP contribution in [0, 0.1) is 0 Å². The molecular weight excluding hydrogens is 341 g/mol. The number of quaternary nitrogens is 1. The zero-order valence-electron chi connectivity index (χ0n) is 12.7. The number of nitrogens with zero attached hydrogens (tertiary/aromatic N) is 1. The molecule has 0 saturated heterocycles. The van der Waals surface area contributed by atoms with Crippen molar-refractivity contribution in [3.63, 3.8) is 0 Å². The molecule has 0 heterocycles. The maximum absolute atomic E-state index is 6.22. The van der Waals surface area contributed by atoms with Crippen molar-refractivity contribution in [3.05, 3.63) is 64.1 Å². The van der Waals surface area contributed by atoms with Crippen molar-refractivity contribution in [2.75, 3.05) is 27.2 Å². The van der Waals surface area contributed by atoms with E-state index in [9.17, 15) is 0 Å². The number of halogens is 3. The maximum atomic E-state index is 6.22. The first-order chi connectivity index (χ1) is 9.96. The Bertz CT molecular complexity index is 602. The van der Waals surface area contributed by atoms with Crippen LogP contribution in [0.3, 0.4) is 0 Å². The molecule has 2 aromatic carbocycles. The fourth-order valence-electron chi connectivity index (χ4n) is 2.13. The van der Waals surface area contributed by atoms with E-state index in [1.807, 2.05) is 42.5 Å². The van der Waals surface area contributed by atoms with Gasteiger partial charge in [-0.2, -0.15) is 0 Å². The van der Waals surface area contributed by atoms with Gasteiger partial charge in [0.25, 0.3) is 0 Å². The topological polar surface area (TPSA) is 9.23 Å². The van der Waals surface area contributed by atoms with Crippen LogP contribution in [0.1, 0.15) is 5.56 Å². The van der Waals surface area contributed by atoms with Crippen molar-refractivity contribution in [3.8, 4) is 5.75 Å². The molecule has 0 saturated carbocycles. The van der Waals surface area contributed by atoms with Crippen LogP contribution in [-0.4, -0.2) is 31.7 Å². The van der Waals surface area contributed by atoms with Crippen molar-refractivity contribution >= 4 is 23.2 Å². The van der Waals surface area contributed by atoms with E-state index in [4.69, 9.17) is 27.9 Å². The van der Waals surface area contributed by atoms with Crippen LogP contribution >= 0.6 is 23.2 Å². The van der Waals surface area contributed by atoms with Crippen LogP contribution < -0.4 is 17.1 Å². The van der Waals surface area contributed by atoms with Gasteiger partial charge in [-0.25, -0.2) is 0 Å². The summed E-state index contributed by atoms with van der Waals surface area (Å²) in [5.74, 6) is 0.806. The average molecular weight is 361 g/mol. The maximum Gasteiger partial charge on any atom is 0.137 e. The van der Waals surface area contributed by atoms with Crippen LogP contribution in [0.5, 0.6) is 5.75 Å². The minimum atomic E-state index is 0. The first kappa shape index (κ1) is 19.1. The third-order valence-electron chi connectivity index (χ3n) is 3.32. The highest BCUT2D eigenvalue weighted by Gasteiger charge is 2.17. The molecule has 0 radical (unpaired) electrons. The van der Waals surface area contributed by atoms with Crippen molar-refractivity contribution < 1.29 is 21.6 Å². The Morgan fingerprint density at radius 1 is 1.00 bits per heavy atom. The summed E-state index contributed by atoms with van der Waals surface area (Å²) in [6.45, 7) is 2.40. The molecule has 0 N–H and O–H groups in total. The van der Waals surface area contributed by atoms with Crippen LogP contribution in [0.4, 0.5) is 0 Å². The monoisotopic (exact) mass is 359 g/mol. The van der Waals surface area contributed by atoms with Gasteiger partial charge in [0.1, 0.15) is 25.4 Å². The molecule has 2 nitrogen and oxygen atoms in total. The lowest BCUT2D eigenvalue weighted by Crippen LogP contribution is -3.00. The highest BCUT2D eigenvalue weighted by atomic mass is 35.5. The zero-order chi connectivity index (χ0) is 15.3. The Morgan fingerprint density at radius 3 is 2.41 bits per heavy atom. The normalized spacial score (nSPS) is 10.9. The predicted octanol–water partition coefficient (Wildman–Crippen LogP) is 1.65. The molecule has 0 aliphatic rings. The Labute approximate surface area is 148 Å². The van der Waals surface area contributed by atoms with Crippen molar-refractivity contribution in [1.29, 1.82) is 0 Å². The van der Waals surface area contributed by atoms with E-state index in [0.29, 0.717) is 11.6 Å². The minimum Gasteiger partial charge on any atom is -1.00 e. The molecule has 0 atom stereocenters. The smallest absolute Gasteiger partial charge is 0.137 e. The van der Waals surface area contributed by atoms with Crippen molar-refractivity contribution in [2.45, 2.75) is 6.54 Å². The van der Waals surface area contributed by atoms with Gasteiger partial charge >= 0.3 is 0 Å². The number of hydrogen-bond donors (Lipinski definition) is 0. The fraction of sp³-hybridized carbons (Fsp3) is 0.294. The summed E-state index contributed by atoms with van der Waals surface area (Å²) in [5.41, 5.74) is 1.16. The molecule has 0 amide bonds. The number of likely N-dealkylation sites (N-methyl/N-ethyl adjacent to an activating group) is 1. The zero-order valence-corrected chi connectivity index (χ0v) is 15.0. The lowest BCUT2D eigenvalue weighted by molar-refractivity contribution is -0.903. The molecular formula is C17H20Cl3NO. The second-order valence-electron chi connectivity index (χ2n) is 5.71. The largest absolute Gasteiger partial charge is 1.00 e. The van der Waals surface area contributed by atoms with E-state index in [0.717, 1.165) is 33.9 Å². The molecule has 5 heteroatoms. The van der Waals surface area contributed by atoms with Gasteiger partial charge in [-0.1, -0.05) is 47.5 Å². The van der Waals surface area contributed by atoms with Crippen molar-refractivity contribution in [2.24, 2.45) is 0 Å². The second-order valence-corrected chi connectivity index (χ2v) is 6.56. The van der Waals surface area contributed by atoms with E-state index >= 15 is 0 Å². The summed E-state index contributed by atoms with van der Waals surface area (Å²) >= 11 is 12.2. The molecule has 0 aliphatic heterocycles. The van der Waals surface area contributed by atoms with Gasteiger partial charge in [0.15, 0.2) is 0 Å². The molecule has 0 aromatic heterocycles. The lowest BCUT2D eigenvalue weighted by Gasteiger charge is -2.30. The second kappa shape index (κ2) is 8.64. The van der Waals surface area contributed by atoms with E-state index < -0.39 is 0 Å². The summed E-state index contributed by atoms with van der Waals surface area (Å²) in [7, 11) is 4.34. The van der Waals surface area contributed by atoms with Gasteiger partial charge in [0.05, 0.1) is 14.1 Å². The standard InChI is InChI=1S/C17H20Cl2NO.ClH/c1-20(2,13-14-6-3-4-9-17(14)19)10-11-21-16-8-5-7-15(18)12-16;/h3-9,12H,10-11,13H2,1-2H3;1H/q+1;/p-1. The van der Waals surface area contributed by atoms with Gasteiger partial charge in [0, 0.05) is 15.6 Å². The summed E-state index contributed by atoms with van der Waals surface area (Å²) in [5, 5.41) is 1.51. The van der Waals surface area contributed by atoms with Crippen LogP contribution in [0.25, 0.3) is 0 Å². The van der Waals surface area contributed by atoms with Gasteiger partial charge in [-0.3, -0.25) is 0 Å². The van der Waals surface area contributed by atoms with Crippen LogP contribution in [-0.2, 0) is 6.54 Å². The molecule has 0 bridgehead atoms. The number of benzene rings is 2. The predicted molar refractivity (Wildman–Crippen MR) is 89.1 cm³/mol. The third kappa shape index (κ3) is 6.05. The molecule has 0 fully saturated rings. The van der Waals surface area contributed by atoms with Gasteiger partial charge in [-0.05, 0) is 24.3 Å². The summed E-state index contributed by atoms with van der Waals surface area (Å²) in [6.07, 6.45) is 0. The van der Waals surface area contributed by atoms with E-state index in [1.54, 1.807) is 0 Å². The summed E-state index contributed by atoms with van der Waals surface area (Å²) in [4.78, 5) is 0. The Balaban J connectivity index is 0.00000242. The molecule has 2 aromatic rings. The lowest BCUT2D eigenvalue weighted by atomic mass is 10.2. The first-order valence-electron chi connectivity index (χ1n) is 6.90. The van der Waals surface area contributed by atoms with E-state index in [-0.39, 0.29) is 12.4 Å². The number of hydrogen-bond acceptors (Lipinski definition) is 1. The van der Waals surface area contributed by atoms with Gasteiger partial charge in [0.2, 0.25) is 0 Å². The number of ether oxygens (including phenoxy) is 1. The SMILES string of the molecule is C[N+](C)(CCOc1cccc(Cl)c1)Cc1ccccc1Cl.[Cl-]. The Kier molecular flexibility index (Phi) is 7.51. The van der Waals surface area contributed by atoms with Crippen molar-refractivity contribution in [1.82, 2.24) is 0 Å². The third-order valence-corrected chi connectivity index (χ3v) is 3.92. The molecule has 0 spiro atoms. The van der Waals surface area contributed by atoms with Gasteiger partial charge < -0.3 is 21.6 Å². The molecule has 22 heavy (non-hydrogen) atoms. The molecule has 0 aliphatic carbocycles. The van der Waals surface area contributed by atoms with E-state index in [1.165, 1.54) is 0 Å². The average Bonchev–Trinajstić information content (AvgIpc) is 2.41. The molecule has 2 rings (SSSR count). The molecule has 120 valence electrons. The fourth-order valence-corrected chi connectivity index (χ4v) is 2.51. The first-order valence-corrected chi connectivity index (χ1v) is 7.66. The van der Waals surface area contributed by atoms with Crippen LogP contribution in [0.2, 0.25) is 10.0 Å². The highest BCUT2D eigenvalue weighted by Crippen LogP contribution is 2.20. The quantitative estimate of drug-likeness (QED) is 0.712. The van der Waals surface area contributed by atoms with Gasteiger partial charge in [-0.15, -0.1) is 0 Å². The summed E-state index contributed by atoms with van der Waals surface area (Å²) in [6, 6.07) is 15.4. The summed E-state index contributed by atoms with van der Waals surface area (Å²) < 4.78 is 6.57. The number of rotatable bonds is 6. The van der Waals surface area contributed by atoms with Crippen LogP contribution in [0.15, 0.2) is 48.5 Å². The Morgan fingerprint density at radius 2 is 1.73 bits per heavy atom. The van der Waals surface area contributed by atoms with E-state index in [2.05, 4.69) is 20.2 Å². The Hall–Kier alpha value is -0.930. The molecule has 0 unspecified atom stereocenters. The highest BCUT2D eigenvalue weighted by molar-refractivity contribution is 6.31.